The predicted octanol–water partition coefficient (Wildman–Crippen LogP) is 0.0338. The first-order chi connectivity index (χ1) is 7.93. The summed E-state index contributed by atoms with van der Waals surface area (Å²) in [7, 11) is 0. The van der Waals surface area contributed by atoms with Crippen LogP contribution in [0.25, 0.3) is 0 Å². The highest BCUT2D eigenvalue weighted by Crippen LogP contribution is 1.86. The molecule has 0 aromatic heterocycles. The van der Waals surface area contributed by atoms with Crippen LogP contribution in [0.4, 0.5) is 0 Å². The number of carboxylic acid groups (broad SMARTS) is 2. The predicted molar refractivity (Wildman–Crippen MR) is 57.4 cm³/mol. The molecule has 0 aliphatic heterocycles. The maximum absolute atomic E-state index is 10.3. The number of carbonyl (C=O) groups is 3. The fourth-order valence-electron chi connectivity index (χ4n) is 0.510. The van der Waals surface area contributed by atoms with Gasteiger partial charge in [0.2, 0.25) is 0 Å². The zero-order valence-corrected chi connectivity index (χ0v) is 9.29. The van der Waals surface area contributed by atoms with Crippen LogP contribution < -0.4 is 0 Å². The van der Waals surface area contributed by atoms with E-state index in [1.165, 1.54) is 0 Å². The number of aliphatic hydroxyl groups excluding tert-OH is 1. The molecule has 0 bridgehead atoms. The molecule has 0 aromatic rings. The number of aliphatic hydroxyl groups is 1. The van der Waals surface area contributed by atoms with Gasteiger partial charge in [0.1, 0.15) is 0 Å². The van der Waals surface area contributed by atoms with Crippen molar-refractivity contribution < 1.29 is 34.4 Å². The maximum atomic E-state index is 10.3. The third kappa shape index (κ3) is 20.2. The molecule has 17 heavy (non-hydrogen) atoms. The number of carboxylic acids is 2. The van der Waals surface area contributed by atoms with Crippen molar-refractivity contribution in [2.75, 3.05) is 13.2 Å². The molecule has 7 heteroatoms. The van der Waals surface area contributed by atoms with Gasteiger partial charge in [-0.3, -0.25) is 9.59 Å². The molecule has 0 fully saturated rings. The number of rotatable bonds is 7. The van der Waals surface area contributed by atoms with Crippen LogP contribution in [0.5, 0.6) is 0 Å². The average Bonchev–Trinajstić information content (AvgIpc) is 2.27. The molecular formula is C10H16O7. The van der Waals surface area contributed by atoms with E-state index in [0.717, 1.165) is 6.08 Å². The first kappa shape index (κ1) is 17.5. The van der Waals surface area contributed by atoms with E-state index in [2.05, 4.69) is 11.3 Å². The Kier molecular flexibility index (Phi) is 12.5. The highest BCUT2D eigenvalue weighted by molar-refractivity contribution is 5.81. The summed E-state index contributed by atoms with van der Waals surface area (Å²) < 4.78 is 4.51. The highest BCUT2D eigenvalue weighted by atomic mass is 16.5. The van der Waals surface area contributed by atoms with Crippen molar-refractivity contribution >= 4 is 17.9 Å². The minimum atomic E-state index is -1.08. The van der Waals surface area contributed by atoms with E-state index in [1.54, 1.807) is 0 Å². The number of aliphatic carboxylic acids is 2. The van der Waals surface area contributed by atoms with Crippen molar-refractivity contribution in [3.63, 3.8) is 0 Å². The van der Waals surface area contributed by atoms with E-state index in [0.29, 0.717) is 6.42 Å². The van der Waals surface area contributed by atoms with Gasteiger partial charge in [0.25, 0.3) is 0 Å². The van der Waals surface area contributed by atoms with E-state index in [4.69, 9.17) is 15.3 Å². The van der Waals surface area contributed by atoms with Crippen LogP contribution in [-0.2, 0) is 19.1 Å². The molecule has 98 valence electrons. The summed E-state index contributed by atoms with van der Waals surface area (Å²) in [6.07, 6.45) is 0.988. The summed E-state index contributed by atoms with van der Waals surface area (Å²) in [6, 6.07) is 0. The van der Waals surface area contributed by atoms with E-state index in [-0.39, 0.29) is 26.1 Å². The number of ether oxygens (including phenoxy) is 1. The van der Waals surface area contributed by atoms with Gasteiger partial charge in [-0.05, 0) is 0 Å². The number of hydrogen-bond acceptors (Lipinski definition) is 5. The molecule has 0 saturated carbocycles. The molecule has 0 amide bonds. The van der Waals surface area contributed by atoms with Gasteiger partial charge >= 0.3 is 17.9 Å². The lowest BCUT2D eigenvalue weighted by Crippen LogP contribution is -2.02. The molecule has 0 unspecified atom stereocenters. The number of hydrogen-bond donors (Lipinski definition) is 3. The van der Waals surface area contributed by atoms with Crippen LogP contribution in [0.1, 0.15) is 19.3 Å². The first-order valence-corrected chi connectivity index (χ1v) is 4.77. The van der Waals surface area contributed by atoms with Gasteiger partial charge in [-0.2, -0.15) is 0 Å². The molecular weight excluding hydrogens is 232 g/mol. The van der Waals surface area contributed by atoms with Gasteiger partial charge in [-0.15, -0.1) is 0 Å². The Labute approximate surface area is 98.3 Å². The smallest absolute Gasteiger partial charge is 0.330 e. The second kappa shape index (κ2) is 12.2. The van der Waals surface area contributed by atoms with Crippen LogP contribution in [0.3, 0.4) is 0 Å². The van der Waals surface area contributed by atoms with Gasteiger partial charge in [0.05, 0.1) is 19.4 Å². The Morgan fingerprint density at radius 3 is 1.88 bits per heavy atom. The molecule has 0 saturated heterocycles. The maximum Gasteiger partial charge on any atom is 0.330 e. The van der Waals surface area contributed by atoms with Crippen molar-refractivity contribution in [2.24, 2.45) is 0 Å². The quantitative estimate of drug-likeness (QED) is 0.330. The highest BCUT2D eigenvalue weighted by Gasteiger charge is 2.00. The second-order valence-corrected chi connectivity index (χ2v) is 2.74. The summed E-state index contributed by atoms with van der Waals surface area (Å²) in [4.78, 5) is 29.5. The van der Waals surface area contributed by atoms with Gasteiger partial charge in [-0.1, -0.05) is 6.58 Å². The lowest BCUT2D eigenvalue weighted by molar-refractivity contribution is -0.143. The summed E-state index contributed by atoms with van der Waals surface area (Å²) in [6.45, 7) is 3.51. The first-order valence-electron chi connectivity index (χ1n) is 4.77. The lowest BCUT2D eigenvalue weighted by Gasteiger charge is -1.96. The molecule has 0 rings (SSSR count). The van der Waals surface area contributed by atoms with E-state index >= 15 is 0 Å². The van der Waals surface area contributed by atoms with Gasteiger partial charge in [0, 0.05) is 19.1 Å². The monoisotopic (exact) mass is 248 g/mol. The van der Waals surface area contributed by atoms with Crippen LogP contribution in [0.2, 0.25) is 0 Å². The van der Waals surface area contributed by atoms with E-state index in [9.17, 15) is 14.4 Å². The average molecular weight is 248 g/mol. The minimum absolute atomic E-state index is 0.0461. The fraction of sp³-hybridized carbons (Fsp3) is 0.500. The summed E-state index contributed by atoms with van der Waals surface area (Å²) >= 11 is 0. The molecule has 0 spiro atoms. The van der Waals surface area contributed by atoms with Crippen LogP contribution in [-0.4, -0.2) is 46.4 Å². The zero-order valence-electron chi connectivity index (χ0n) is 9.29. The van der Waals surface area contributed by atoms with E-state index in [1.807, 2.05) is 0 Å². The van der Waals surface area contributed by atoms with Crippen molar-refractivity contribution in [1.29, 1.82) is 0 Å². The minimum Gasteiger partial charge on any atom is -0.481 e. The van der Waals surface area contributed by atoms with Gasteiger partial charge < -0.3 is 20.1 Å². The van der Waals surface area contributed by atoms with Crippen LogP contribution in [0.15, 0.2) is 12.7 Å². The third-order valence-corrected chi connectivity index (χ3v) is 1.27. The zero-order chi connectivity index (χ0) is 13.7. The fourth-order valence-corrected chi connectivity index (χ4v) is 0.510. The Bertz CT molecular complexity index is 245. The van der Waals surface area contributed by atoms with Crippen molar-refractivity contribution in [1.82, 2.24) is 0 Å². The summed E-state index contributed by atoms with van der Waals surface area (Å²) in [5.41, 5.74) is 0. The Morgan fingerprint density at radius 2 is 1.59 bits per heavy atom. The molecule has 0 aromatic carbocycles. The van der Waals surface area contributed by atoms with Crippen molar-refractivity contribution in [2.45, 2.75) is 19.3 Å². The largest absolute Gasteiger partial charge is 0.481 e. The Hall–Kier alpha value is -1.89. The Balaban J connectivity index is 0. The van der Waals surface area contributed by atoms with Crippen molar-refractivity contribution in [3.8, 4) is 0 Å². The molecule has 0 aliphatic rings. The van der Waals surface area contributed by atoms with Crippen LogP contribution >= 0.6 is 0 Å². The summed E-state index contributed by atoms with van der Waals surface area (Å²) in [5.74, 6) is -2.59. The molecule has 0 radical (unpaired) electrons. The third-order valence-electron chi connectivity index (χ3n) is 1.27. The van der Waals surface area contributed by atoms with E-state index < -0.39 is 17.9 Å². The molecule has 0 aliphatic carbocycles. The van der Waals surface area contributed by atoms with Crippen molar-refractivity contribution in [3.05, 3.63) is 12.7 Å². The normalized spacial score (nSPS) is 8.53. The SMILES string of the molecule is C=CC(=O)OCCCO.O=C(O)CCC(=O)O. The lowest BCUT2D eigenvalue weighted by atomic mass is 10.3. The van der Waals surface area contributed by atoms with Crippen LogP contribution in [0, 0.1) is 0 Å². The van der Waals surface area contributed by atoms with Gasteiger partial charge in [0.15, 0.2) is 0 Å². The summed E-state index contributed by atoms with van der Waals surface area (Å²) in [5, 5.41) is 24.0. The molecule has 3 N–H and O–H groups in total. The standard InChI is InChI=1S/C6H10O3.C4H6O4/c1-2-6(8)9-5-3-4-7;5-3(6)1-2-4(7)8/h2,7H,1,3-5H2;1-2H2,(H,5,6)(H,7,8). The Morgan fingerprint density at radius 1 is 1.12 bits per heavy atom. The molecule has 0 atom stereocenters. The molecule has 0 heterocycles. The molecule has 7 nitrogen and oxygen atoms in total. The topological polar surface area (TPSA) is 121 Å². The second-order valence-electron chi connectivity index (χ2n) is 2.74. The number of esters is 1. The van der Waals surface area contributed by atoms with Gasteiger partial charge in [-0.25, -0.2) is 4.79 Å². The number of carbonyl (C=O) groups excluding carboxylic acids is 1.